The number of amides is 1. The Hall–Kier alpha value is -2.29. The summed E-state index contributed by atoms with van der Waals surface area (Å²) in [6.45, 7) is 2.82. The highest BCUT2D eigenvalue weighted by Gasteiger charge is 2.53. The fourth-order valence-electron chi connectivity index (χ4n) is 5.96. The van der Waals surface area contributed by atoms with Gasteiger partial charge in [-0.25, -0.2) is 0 Å². The maximum absolute atomic E-state index is 12.5. The van der Waals surface area contributed by atoms with E-state index in [-0.39, 0.29) is 5.91 Å². The third-order valence-corrected chi connectivity index (χ3v) is 7.04. The molecule has 2 aliphatic carbocycles. The smallest absolute Gasteiger partial charge is 0.251 e. The molecule has 27 heavy (non-hydrogen) atoms. The SMILES string of the molecule is CCCNC(=O)c1ccc2c(c1)[C@@H]1[C@H]3CC[C@@H](C3)[C@@H]1[C@@H](c1ccccc1)N2. The fraction of sp³-hybridized carbons (Fsp3) is 0.458. The first kappa shape index (κ1) is 16.9. The summed E-state index contributed by atoms with van der Waals surface area (Å²) in [7, 11) is 0. The fourth-order valence-corrected chi connectivity index (χ4v) is 5.96. The molecule has 1 aliphatic heterocycles. The molecular weight excluding hydrogens is 332 g/mol. The van der Waals surface area contributed by atoms with Crippen LogP contribution >= 0.6 is 0 Å². The number of benzene rings is 2. The van der Waals surface area contributed by atoms with Crippen molar-refractivity contribution < 1.29 is 4.79 Å². The largest absolute Gasteiger partial charge is 0.378 e. The second kappa shape index (κ2) is 6.70. The predicted molar refractivity (Wildman–Crippen MR) is 109 cm³/mol. The van der Waals surface area contributed by atoms with E-state index in [0.29, 0.717) is 17.9 Å². The van der Waals surface area contributed by atoms with Crippen molar-refractivity contribution in [2.75, 3.05) is 11.9 Å². The molecule has 5 atom stereocenters. The Labute approximate surface area is 161 Å². The van der Waals surface area contributed by atoms with Crippen LogP contribution < -0.4 is 10.6 Å². The molecule has 3 aliphatic rings. The summed E-state index contributed by atoms with van der Waals surface area (Å²) in [5, 5.41) is 6.87. The van der Waals surface area contributed by atoms with E-state index in [1.165, 1.54) is 36.1 Å². The Kier molecular flexibility index (Phi) is 4.18. The molecule has 2 bridgehead atoms. The van der Waals surface area contributed by atoms with Crippen molar-refractivity contribution in [3.8, 4) is 0 Å². The predicted octanol–water partition coefficient (Wildman–Crippen LogP) is 5.12. The summed E-state index contributed by atoms with van der Waals surface area (Å²) in [5.41, 5.74) is 4.81. The molecule has 0 spiro atoms. The van der Waals surface area contributed by atoms with Gasteiger partial charge in [0.15, 0.2) is 0 Å². The van der Waals surface area contributed by atoms with E-state index in [9.17, 15) is 4.79 Å². The molecule has 2 aromatic carbocycles. The lowest BCUT2D eigenvalue weighted by atomic mass is 9.68. The maximum Gasteiger partial charge on any atom is 0.251 e. The van der Waals surface area contributed by atoms with Crippen LogP contribution in [-0.4, -0.2) is 12.5 Å². The summed E-state index contributed by atoms with van der Waals surface area (Å²) in [5.74, 6) is 2.88. The Morgan fingerprint density at radius 3 is 2.74 bits per heavy atom. The number of carbonyl (C=O) groups excluding carboxylic acids is 1. The quantitative estimate of drug-likeness (QED) is 0.794. The number of hydrogen-bond donors (Lipinski definition) is 2. The summed E-state index contributed by atoms with van der Waals surface area (Å²) < 4.78 is 0. The third-order valence-electron chi connectivity index (χ3n) is 7.04. The van der Waals surface area contributed by atoms with Crippen molar-refractivity contribution in [1.82, 2.24) is 5.32 Å². The average molecular weight is 361 g/mol. The lowest BCUT2D eigenvalue weighted by Crippen LogP contribution is -2.35. The van der Waals surface area contributed by atoms with Gasteiger partial charge in [0, 0.05) is 17.8 Å². The molecule has 2 aromatic rings. The van der Waals surface area contributed by atoms with Gasteiger partial charge in [-0.1, -0.05) is 37.3 Å². The number of hydrogen-bond acceptors (Lipinski definition) is 2. The molecule has 0 radical (unpaired) electrons. The topological polar surface area (TPSA) is 41.1 Å². The van der Waals surface area contributed by atoms with Gasteiger partial charge in [0.2, 0.25) is 0 Å². The van der Waals surface area contributed by atoms with Crippen LogP contribution in [0.1, 0.15) is 66.1 Å². The Morgan fingerprint density at radius 2 is 1.93 bits per heavy atom. The first-order valence-electron chi connectivity index (χ1n) is 10.5. The number of rotatable bonds is 4. The van der Waals surface area contributed by atoms with Gasteiger partial charge in [-0.2, -0.15) is 0 Å². The van der Waals surface area contributed by atoms with E-state index < -0.39 is 0 Å². The Morgan fingerprint density at radius 1 is 1.11 bits per heavy atom. The van der Waals surface area contributed by atoms with Crippen LogP contribution in [0.3, 0.4) is 0 Å². The van der Waals surface area contributed by atoms with Gasteiger partial charge < -0.3 is 10.6 Å². The van der Waals surface area contributed by atoms with Gasteiger partial charge in [-0.3, -0.25) is 4.79 Å². The molecule has 1 heterocycles. The van der Waals surface area contributed by atoms with Crippen LogP contribution in [0.15, 0.2) is 48.5 Å². The Balaban J connectivity index is 1.53. The normalized spacial score (nSPS) is 30.3. The molecule has 2 fully saturated rings. The number of nitrogens with one attached hydrogen (secondary N) is 2. The van der Waals surface area contributed by atoms with Crippen LogP contribution in [0.5, 0.6) is 0 Å². The van der Waals surface area contributed by atoms with Gasteiger partial charge in [-0.05, 0) is 78.7 Å². The Bertz CT molecular complexity index is 847. The molecule has 0 saturated heterocycles. The second-order valence-corrected chi connectivity index (χ2v) is 8.53. The monoisotopic (exact) mass is 360 g/mol. The van der Waals surface area contributed by atoms with Gasteiger partial charge in [0.1, 0.15) is 0 Å². The van der Waals surface area contributed by atoms with Gasteiger partial charge in [0.05, 0.1) is 6.04 Å². The lowest BCUT2D eigenvalue weighted by molar-refractivity contribution is 0.0953. The molecule has 140 valence electrons. The van der Waals surface area contributed by atoms with Crippen LogP contribution in [-0.2, 0) is 0 Å². The highest BCUT2D eigenvalue weighted by Crippen LogP contribution is 2.63. The lowest BCUT2D eigenvalue weighted by Gasteiger charge is -2.43. The van der Waals surface area contributed by atoms with Crippen LogP contribution in [0, 0.1) is 17.8 Å². The summed E-state index contributed by atoms with van der Waals surface area (Å²) in [6, 6.07) is 17.6. The molecule has 0 aromatic heterocycles. The highest BCUT2D eigenvalue weighted by molar-refractivity contribution is 5.95. The van der Waals surface area contributed by atoms with Gasteiger partial charge in [0.25, 0.3) is 5.91 Å². The number of anilines is 1. The zero-order chi connectivity index (χ0) is 18.4. The van der Waals surface area contributed by atoms with E-state index >= 15 is 0 Å². The molecule has 2 saturated carbocycles. The first-order valence-corrected chi connectivity index (χ1v) is 10.5. The summed E-state index contributed by atoms with van der Waals surface area (Å²) in [4.78, 5) is 12.5. The molecule has 3 nitrogen and oxygen atoms in total. The number of fused-ring (bicyclic) bond motifs is 7. The van der Waals surface area contributed by atoms with E-state index in [0.717, 1.165) is 30.4 Å². The summed E-state index contributed by atoms with van der Waals surface area (Å²) in [6.07, 6.45) is 5.03. The van der Waals surface area contributed by atoms with Crippen molar-refractivity contribution in [2.45, 2.75) is 44.6 Å². The van der Waals surface area contributed by atoms with Gasteiger partial charge in [-0.15, -0.1) is 0 Å². The van der Waals surface area contributed by atoms with Gasteiger partial charge >= 0.3 is 0 Å². The zero-order valence-corrected chi connectivity index (χ0v) is 15.9. The van der Waals surface area contributed by atoms with Crippen molar-refractivity contribution in [1.29, 1.82) is 0 Å². The molecular formula is C24H28N2O. The number of carbonyl (C=O) groups is 1. The molecule has 0 unspecified atom stereocenters. The first-order chi connectivity index (χ1) is 13.3. The zero-order valence-electron chi connectivity index (χ0n) is 15.9. The van der Waals surface area contributed by atoms with Crippen LogP contribution in [0.2, 0.25) is 0 Å². The standard InChI is InChI=1S/C24H28N2O/c1-2-12-25-24(27)18-10-11-20-19(14-18)21-16-8-9-17(13-16)22(21)23(26-20)15-6-4-3-5-7-15/h3-7,10-11,14,16-17,21-23,26H,2,8-9,12-13H2,1H3,(H,25,27)/t16-,17-,21-,22-,23+/m0/s1. The van der Waals surface area contributed by atoms with Crippen molar-refractivity contribution in [3.05, 3.63) is 65.2 Å². The second-order valence-electron chi connectivity index (χ2n) is 8.53. The van der Waals surface area contributed by atoms with Crippen molar-refractivity contribution in [2.24, 2.45) is 17.8 Å². The van der Waals surface area contributed by atoms with Crippen LogP contribution in [0.4, 0.5) is 5.69 Å². The minimum Gasteiger partial charge on any atom is -0.378 e. The molecule has 2 N–H and O–H groups in total. The van der Waals surface area contributed by atoms with E-state index in [1.54, 1.807) is 0 Å². The van der Waals surface area contributed by atoms with E-state index in [2.05, 4.69) is 60.0 Å². The van der Waals surface area contributed by atoms with Crippen molar-refractivity contribution >= 4 is 11.6 Å². The maximum atomic E-state index is 12.5. The molecule has 1 amide bonds. The highest BCUT2D eigenvalue weighted by atomic mass is 16.1. The van der Waals surface area contributed by atoms with Crippen LogP contribution in [0.25, 0.3) is 0 Å². The minimum absolute atomic E-state index is 0.0598. The minimum atomic E-state index is 0.0598. The van der Waals surface area contributed by atoms with E-state index in [1.807, 2.05) is 6.07 Å². The molecule has 3 heteroatoms. The average Bonchev–Trinajstić information content (AvgIpc) is 3.34. The summed E-state index contributed by atoms with van der Waals surface area (Å²) >= 11 is 0. The van der Waals surface area contributed by atoms with Crippen molar-refractivity contribution in [3.63, 3.8) is 0 Å². The third kappa shape index (κ3) is 2.75. The molecule has 5 rings (SSSR count). The van der Waals surface area contributed by atoms with E-state index in [4.69, 9.17) is 0 Å².